The van der Waals surface area contributed by atoms with Gasteiger partial charge in [0, 0.05) is 6.42 Å². The van der Waals surface area contributed by atoms with Crippen LogP contribution in [0, 0.1) is 5.41 Å². The van der Waals surface area contributed by atoms with Crippen molar-refractivity contribution in [3.05, 3.63) is 0 Å². The van der Waals surface area contributed by atoms with E-state index in [-0.39, 0.29) is 19.4 Å². The number of cyclic esters (lactones) is 1. The van der Waals surface area contributed by atoms with E-state index in [1.165, 1.54) is 0 Å². The lowest BCUT2D eigenvalue weighted by atomic mass is 9.75. The van der Waals surface area contributed by atoms with E-state index < -0.39 is 32.6 Å². The average Bonchev–Trinajstić information content (AvgIpc) is 2.31. The fraction of sp³-hybridized carbons (Fsp3) is 0.800. The zero-order chi connectivity index (χ0) is 14.9. The van der Waals surface area contributed by atoms with E-state index in [1.807, 2.05) is 0 Å². The Kier molecular flexibility index (Phi) is 5.24. The van der Waals surface area contributed by atoms with E-state index in [0.29, 0.717) is 0 Å². The molecule has 110 valence electrons. The molecule has 0 amide bonds. The van der Waals surface area contributed by atoms with Gasteiger partial charge < -0.3 is 14.6 Å². The van der Waals surface area contributed by atoms with Crippen LogP contribution in [0.4, 0.5) is 0 Å². The fourth-order valence-corrected chi connectivity index (χ4v) is 3.11. The maximum atomic E-state index is 11.9. The van der Waals surface area contributed by atoms with E-state index >= 15 is 0 Å². The average molecular weight is 354 g/mol. The van der Waals surface area contributed by atoms with Gasteiger partial charge in [-0.05, 0) is 6.42 Å². The van der Waals surface area contributed by atoms with E-state index in [2.05, 4.69) is 4.74 Å². The minimum Gasteiger partial charge on any atom is -0.468 e. The normalized spacial score (nSPS) is 31.8. The third-order valence-electron chi connectivity index (χ3n) is 2.87. The highest BCUT2D eigenvalue weighted by atomic mass is 35.6. The molecule has 0 aromatic rings. The molecule has 0 aliphatic carbocycles. The molecule has 1 heterocycles. The predicted molar refractivity (Wildman–Crippen MR) is 70.6 cm³/mol. The second-order valence-corrected chi connectivity index (χ2v) is 7.68. The number of rotatable bonds is 3. The van der Waals surface area contributed by atoms with Crippen LogP contribution in [0.1, 0.15) is 12.8 Å². The van der Waals surface area contributed by atoms with Gasteiger partial charge in [-0.2, -0.15) is 0 Å². The summed E-state index contributed by atoms with van der Waals surface area (Å²) in [6.07, 6.45) is -0.490. The molecular weight excluding hydrogens is 342 g/mol. The van der Waals surface area contributed by atoms with Crippen LogP contribution in [-0.2, 0) is 19.1 Å². The Morgan fingerprint density at radius 1 is 1.53 bits per heavy atom. The van der Waals surface area contributed by atoms with Gasteiger partial charge in [0.25, 0.3) is 0 Å². The van der Waals surface area contributed by atoms with Gasteiger partial charge >= 0.3 is 11.9 Å². The number of aliphatic hydroxyl groups excluding tert-OH is 1. The molecule has 0 spiro atoms. The van der Waals surface area contributed by atoms with Gasteiger partial charge in [0.05, 0.1) is 13.7 Å². The van der Waals surface area contributed by atoms with Crippen LogP contribution in [0.5, 0.6) is 0 Å². The smallest absolute Gasteiger partial charge is 0.329 e. The summed E-state index contributed by atoms with van der Waals surface area (Å²) in [5, 5.41) is 9.22. The number of alkyl halides is 4. The quantitative estimate of drug-likeness (QED) is 0.619. The summed E-state index contributed by atoms with van der Waals surface area (Å²) in [7, 11) is 1.16. The van der Waals surface area contributed by atoms with E-state index in [1.54, 1.807) is 0 Å². The summed E-state index contributed by atoms with van der Waals surface area (Å²) in [5.41, 5.74) is -1.40. The van der Waals surface area contributed by atoms with Gasteiger partial charge in [-0.3, -0.25) is 9.59 Å². The van der Waals surface area contributed by atoms with E-state index in [4.69, 9.17) is 51.1 Å². The van der Waals surface area contributed by atoms with Crippen molar-refractivity contribution in [2.24, 2.45) is 5.41 Å². The first-order chi connectivity index (χ1) is 8.58. The molecule has 0 unspecified atom stereocenters. The number of methoxy groups -OCH3 is 1. The lowest BCUT2D eigenvalue weighted by molar-refractivity contribution is -0.175. The minimum absolute atomic E-state index is 0.239. The molecule has 0 aromatic carbocycles. The molecule has 1 saturated heterocycles. The maximum Gasteiger partial charge on any atom is 0.329 e. The number of halogens is 4. The van der Waals surface area contributed by atoms with Gasteiger partial charge in [-0.25, -0.2) is 0 Å². The van der Waals surface area contributed by atoms with E-state index in [0.717, 1.165) is 7.11 Å². The molecule has 1 aliphatic heterocycles. The largest absolute Gasteiger partial charge is 0.468 e. The molecule has 0 radical (unpaired) electrons. The minimum atomic E-state index is -1.76. The van der Waals surface area contributed by atoms with Gasteiger partial charge in [0.15, 0.2) is 8.67 Å². The topological polar surface area (TPSA) is 72.8 Å². The Bertz CT molecular complexity index is 383. The van der Waals surface area contributed by atoms with Crippen molar-refractivity contribution in [2.75, 3.05) is 20.3 Å². The maximum absolute atomic E-state index is 11.9. The number of carbonyl (C=O) groups excluding carboxylic acids is 2. The fourth-order valence-electron chi connectivity index (χ4n) is 2.03. The molecular formula is C10H12Cl4O5. The second kappa shape index (κ2) is 5.82. The second-order valence-electron chi connectivity index (χ2n) is 4.44. The van der Waals surface area contributed by atoms with Crippen LogP contribution in [0.2, 0.25) is 0 Å². The Morgan fingerprint density at radius 3 is 2.53 bits per heavy atom. The highest BCUT2D eigenvalue weighted by molar-refractivity contribution is 6.67. The van der Waals surface area contributed by atoms with Crippen LogP contribution in [-0.4, -0.2) is 46.0 Å². The van der Waals surface area contributed by atoms with Crippen molar-refractivity contribution in [1.82, 2.24) is 0 Å². The summed E-state index contributed by atoms with van der Waals surface area (Å²) in [4.78, 5) is 21.7. The zero-order valence-electron chi connectivity index (χ0n) is 9.92. The number of aliphatic hydroxyl groups is 1. The van der Waals surface area contributed by atoms with Gasteiger partial charge in [0.1, 0.15) is 12.0 Å². The van der Waals surface area contributed by atoms with Crippen molar-refractivity contribution < 1.29 is 24.2 Å². The van der Waals surface area contributed by atoms with Crippen molar-refractivity contribution in [3.8, 4) is 0 Å². The van der Waals surface area contributed by atoms with Crippen LogP contribution in [0.3, 0.4) is 0 Å². The van der Waals surface area contributed by atoms with Gasteiger partial charge in [-0.1, -0.05) is 34.8 Å². The molecule has 1 fully saturated rings. The van der Waals surface area contributed by atoms with Crippen molar-refractivity contribution in [3.63, 3.8) is 0 Å². The number of carbonyl (C=O) groups is 2. The van der Waals surface area contributed by atoms with Crippen molar-refractivity contribution in [1.29, 1.82) is 0 Å². The van der Waals surface area contributed by atoms with Crippen molar-refractivity contribution in [2.45, 2.75) is 21.5 Å². The lowest BCUT2D eigenvalue weighted by Gasteiger charge is -2.41. The van der Waals surface area contributed by atoms with Gasteiger partial charge in [-0.15, -0.1) is 11.6 Å². The molecule has 19 heavy (non-hydrogen) atoms. The Hall–Kier alpha value is 0.0600. The van der Waals surface area contributed by atoms with E-state index in [9.17, 15) is 14.7 Å². The predicted octanol–water partition coefficient (Wildman–Crippen LogP) is 1.82. The van der Waals surface area contributed by atoms with Crippen LogP contribution < -0.4 is 0 Å². The van der Waals surface area contributed by atoms with Gasteiger partial charge in [0.2, 0.25) is 0 Å². The molecule has 1 N–H and O–H groups in total. The highest BCUT2D eigenvalue weighted by Gasteiger charge is 2.57. The van der Waals surface area contributed by atoms with Crippen LogP contribution in [0.25, 0.3) is 0 Å². The Labute approximate surface area is 130 Å². The van der Waals surface area contributed by atoms with Crippen LogP contribution in [0.15, 0.2) is 0 Å². The molecule has 0 saturated carbocycles. The summed E-state index contributed by atoms with van der Waals surface area (Å²) >= 11 is 23.1. The summed E-state index contributed by atoms with van der Waals surface area (Å²) < 4.78 is 7.77. The third-order valence-corrected chi connectivity index (χ3v) is 3.68. The monoisotopic (exact) mass is 352 g/mol. The molecule has 0 aromatic heterocycles. The zero-order valence-corrected chi connectivity index (χ0v) is 12.9. The number of ether oxygens (including phenoxy) is 2. The highest BCUT2D eigenvalue weighted by Crippen LogP contribution is 2.48. The summed E-state index contributed by atoms with van der Waals surface area (Å²) in [6, 6.07) is 0. The Morgan fingerprint density at radius 2 is 2.11 bits per heavy atom. The van der Waals surface area contributed by atoms with Crippen LogP contribution >= 0.6 is 46.4 Å². The SMILES string of the molecule is COC(=O)[C@@]1(CC(Cl)(Cl)Cl)COC(=O)[C@](Cl)(CO)C1. The first-order valence-corrected chi connectivity index (χ1v) is 6.72. The first-order valence-electron chi connectivity index (χ1n) is 5.21. The standard InChI is InChI=1S/C10H12Cl4O5/c1-18-6(16)8(3-10(12,13)14)2-9(11,4-15)7(17)19-5-8/h15H,2-5H2,1H3/t8-,9+/m0/s1. The Balaban J connectivity index is 3.12. The lowest BCUT2D eigenvalue weighted by Crippen LogP contribution is -2.55. The molecule has 5 nitrogen and oxygen atoms in total. The molecule has 9 heteroatoms. The molecule has 2 atom stereocenters. The number of hydrogen-bond donors (Lipinski definition) is 1. The van der Waals surface area contributed by atoms with Crippen molar-refractivity contribution >= 4 is 58.3 Å². The summed E-state index contributed by atoms with van der Waals surface area (Å²) in [6.45, 7) is -1.02. The third kappa shape index (κ3) is 3.79. The summed E-state index contributed by atoms with van der Waals surface area (Å²) in [5.74, 6) is -1.54. The molecule has 1 aliphatic rings. The number of hydrogen-bond acceptors (Lipinski definition) is 5. The first kappa shape index (κ1) is 17.1. The molecule has 1 rings (SSSR count). The molecule has 0 bridgehead atoms. The number of esters is 2.